The molecule has 1 fully saturated rings. The lowest BCUT2D eigenvalue weighted by Gasteiger charge is -2.30. The standard InChI is InChI=1S/C21H19N7O3/c1-26-20(15(11-23-26)19(29)27-8-5-9-27)31-21(30)25-17-10-18-24-16(12-28(18)13-22-17)14-6-3-2-4-7-14/h2-4,6-7,10-13H,5,8-9H2,1H3,(H,25,30). The third-order valence-corrected chi connectivity index (χ3v) is 5.10. The van der Waals surface area contributed by atoms with Crippen molar-refractivity contribution in [1.82, 2.24) is 29.0 Å². The molecular formula is C21H19N7O3. The lowest BCUT2D eigenvalue weighted by atomic mass is 10.2. The average Bonchev–Trinajstić information content (AvgIpc) is 3.31. The van der Waals surface area contributed by atoms with Gasteiger partial charge in [0.1, 0.15) is 23.4 Å². The van der Waals surface area contributed by atoms with Crippen molar-refractivity contribution in [3.63, 3.8) is 0 Å². The Labute approximate surface area is 177 Å². The van der Waals surface area contributed by atoms with Gasteiger partial charge < -0.3 is 9.64 Å². The monoisotopic (exact) mass is 417 g/mol. The first kappa shape index (κ1) is 18.8. The number of hydrogen-bond donors (Lipinski definition) is 1. The van der Waals surface area contributed by atoms with Crippen molar-refractivity contribution in [2.45, 2.75) is 6.42 Å². The molecule has 0 bridgehead atoms. The number of aromatic nitrogens is 5. The molecule has 10 nitrogen and oxygen atoms in total. The molecule has 31 heavy (non-hydrogen) atoms. The summed E-state index contributed by atoms with van der Waals surface area (Å²) in [5, 5.41) is 6.63. The zero-order valence-corrected chi connectivity index (χ0v) is 16.7. The number of carbonyl (C=O) groups is 2. The summed E-state index contributed by atoms with van der Waals surface area (Å²) in [5.74, 6) is 0.163. The molecule has 4 heterocycles. The highest BCUT2D eigenvalue weighted by Gasteiger charge is 2.28. The first-order chi connectivity index (χ1) is 15.1. The molecule has 1 saturated heterocycles. The highest BCUT2D eigenvalue weighted by atomic mass is 16.6. The maximum Gasteiger partial charge on any atom is 0.419 e. The van der Waals surface area contributed by atoms with Gasteiger partial charge in [0.15, 0.2) is 0 Å². The lowest BCUT2D eigenvalue weighted by Crippen LogP contribution is -2.42. The second kappa shape index (κ2) is 7.56. The average molecular weight is 417 g/mol. The molecule has 10 heteroatoms. The minimum absolute atomic E-state index is 0.0858. The van der Waals surface area contributed by atoms with Gasteiger partial charge in [-0.2, -0.15) is 5.10 Å². The fourth-order valence-electron chi connectivity index (χ4n) is 3.31. The predicted octanol–water partition coefficient (Wildman–Crippen LogP) is 2.59. The van der Waals surface area contributed by atoms with Gasteiger partial charge in [-0.25, -0.2) is 19.4 Å². The van der Waals surface area contributed by atoms with Crippen LogP contribution in [0.25, 0.3) is 16.9 Å². The molecule has 1 aliphatic heterocycles. The van der Waals surface area contributed by atoms with Crippen molar-refractivity contribution in [2.24, 2.45) is 7.05 Å². The number of ether oxygens (including phenoxy) is 1. The number of nitrogens with one attached hydrogen (secondary N) is 1. The molecule has 0 radical (unpaired) electrons. The van der Waals surface area contributed by atoms with Crippen LogP contribution >= 0.6 is 0 Å². The van der Waals surface area contributed by atoms with Crippen molar-refractivity contribution in [1.29, 1.82) is 0 Å². The van der Waals surface area contributed by atoms with Crippen LogP contribution in [-0.4, -0.2) is 54.1 Å². The van der Waals surface area contributed by atoms with Gasteiger partial charge in [0.05, 0.1) is 11.9 Å². The molecule has 1 aromatic carbocycles. The van der Waals surface area contributed by atoms with E-state index in [0.717, 1.165) is 17.7 Å². The minimum Gasteiger partial charge on any atom is -0.390 e. The van der Waals surface area contributed by atoms with Gasteiger partial charge in [-0.05, 0) is 6.42 Å². The Bertz CT molecular complexity index is 1270. The lowest BCUT2D eigenvalue weighted by molar-refractivity contribution is 0.0649. The van der Waals surface area contributed by atoms with Crippen molar-refractivity contribution in [3.05, 3.63) is 60.7 Å². The SMILES string of the molecule is Cn1ncc(C(=O)N2CCC2)c1OC(=O)Nc1cc2nc(-c3ccccc3)cn2cn1. The van der Waals surface area contributed by atoms with Crippen LogP contribution in [0.15, 0.2) is 55.1 Å². The van der Waals surface area contributed by atoms with E-state index in [9.17, 15) is 9.59 Å². The maximum absolute atomic E-state index is 12.5. The third kappa shape index (κ3) is 3.59. The number of aryl methyl sites for hydroxylation is 1. The van der Waals surface area contributed by atoms with E-state index in [2.05, 4.69) is 20.4 Å². The number of anilines is 1. The van der Waals surface area contributed by atoms with Gasteiger partial charge >= 0.3 is 6.09 Å². The number of likely N-dealkylation sites (tertiary alicyclic amines) is 1. The Balaban J connectivity index is 1.33. The Morgan fingerprint density at radius 2 is 1.97 bits per heavy atom. The van der Waals surface area contributed by atoms with Crippen LogP contribution in [-0.2, 0) is 7.05 Å². The van der Waals surface area contributed by atoms with Crippen LogP contribution in [0.3, 0.4) is 0 Å². The van der Waals surface area contributed by atoms with Crippen molar-refractivity contribution < 1.29 is 14.3 Å². The van der Waals surface area contributed by atoms with E-state index in [4.69, 9.17) is 4.74 Å². The van der Waals surface area contributed by atoms with Gasteiger partial charge in [0.2, 0.25) is 5.88 Å². The zero-order chi connectivity index (χ0) is 21.4. The van der Waals surface area contributed by atoms with Gasteiger partial charge in [-0.15, -0.1) is 0 Å². The molecule has 0 saturated carbocycles. The topological polar surface area (TPSA) is 107 Å². The van der Waals surface area contributed by atoms with E-state index in [0.29, 0.717) is 18.7 Å². The van der Waals surface area contributed by atoms with E-state index in [1.807, 2.05) is 36.5 Å². The maximum atomic E-state index is 12.5. The fraction of sp³-hybridized carbons (Fsp3) is 0.190. The van der Waals surface area contributed by atoms with Crippen LogP contribution in [0, 0.1) is 0 Å². The normalized spacial score (nSPS) is 13.1. The molecule has 0 atom stereocenters. The summed E-state index contributed by atoms with van der Waals surface area (Å²) in [6, 6.07) is 11.4. The second-order valence-electron chi connectivity index (χ2n) is 7.18. The van der Waals surface area contributed by atoms with Gasteiger partial charge in [0.25, 0.3) is 5.91 Å². The molecule has 0 unspecified atom stereocenters. The third-order valence-electron chi connectivity index (χ3n) is 5.10. The molecule has 4 aromatic rings. The molecular weight excluding hydrogens is 398 g/mol. The summed E-state index contributed by atoms with van der Waals surface area (Å²) < 4.78 is 8.50. The smallest absolute Gasteiger partial charge is 0.390 e. The molecule has 3 aromatic heterocycles. The number of amides is 2. The van der Waals surface area contributed by atoms with E-state index in [1.165, 1.54) is 10.9 Å². The number of hydrogen-bond acceptors (Lipinski definition) is 6. The summed E-state index contributed by atoms with van der Waals surface area (Å²) in [7, 11) is 1.61. The zero-order valence-electron chi connectivity index (χ0n) is 16.7. The van der Waals surface area contributed by atoms with E-state index in [1.54, 1.807) is 28.7 Å². The number of carbonyl (C=O) groups excluding carboxylic acids is 2. The Hall–Kier alpha value is -4.21. The molecule has 1 N–H and O–H groups in total. The number of imidazole rings is 1. The van der Waals surface area contributed by atoms with Gasteiger partial charge in [0, 0.05) is 38.0 Å². The summed E-state index contributed by atoms with van der Waals surface area (Å²) in [6.45, 7) is 1.39. The highest BCUT2D eigenvalue weighted by molar-refractivity contribution is 5.98. The Kier molecular flexibility index (Phi) is 4.58. The number of fused-ring (bicyclic) bond motifs is 1. The van der Waals surface area contributed by atoms with Gasteiger partial charge in [-0.1, -0.05) is 30.3 Å². The number of nitrogens with zero attached hydrogens (tertiary/aromatic N) is 6. The van der Waals surface area contributed by atoms with E-state index >= 15 is 0 Å². The van der Waals surface area contributed by atoms with Crippen molar-refractivity contribution >= 4 is 23.5 Å². The minimum atomic E-state index is -0.770. The Morgan fingerprint density at radius 3 is 2.71 bits per heavy atom. The molecule has 5 rings (SSSR count). The van der Waals surface area contributed by atoms with Crippen molar-refractivity contribution in [3.8, 4) is 17.1 Å². The van der Waals surface area contributed by atoms with Crippen LogP contribution in [0.4, 0.5) is 10.6 Å². The van der Waals surface area contributed by atoms with Crippen LogP contribution in [0.5, 0.6) is 5.88 Å². The number of benzene rings is 1. The van der Waals surface area contributed by atoms with Gasteiger partial charge in [-0.3, -0.25) is 14.5 Å². The highest BCUT2D eigenvalue weighted by Crippen LogP contribution is 2.23. The van der Waals surface area contributed by atoms with Crippen LogP contribution in [0.2, 0.25) is 0 Å². The molecule has 0 spiro atoms. The van der Waals surface area contributed by atoms with Crippen molar-refractivity contribution in [2.75, 3.05) is 18.4 Å². The predicted molar refractivity (Wildman–Crippen MR) is 112 cm³/mol. The first-order valence-electron chi connectivity index (χ1n) is 9.79. The quantitative estimate of drug-likeness (QED) is 0.547. The largest absolute Gasteiger partial charge is 0.419 e. The van der Waals surface area contributed by atoms with E-state index < -0.39 is 6.09 Å². The molecule has 1 aliphatic rings. The summed E-state index contributed by atoms with van der Waals surface area (Å²) >= 11 is 0. The van der Waals surface area contributed by atoms with E-state index in [-0.39, 0.29) is 23.2 Å². The van der Waals surface area contributed by atoms with Crippen LogP contribution < -0.4 is 10.1 Å². The molecule has 156 valence electrons. The number of rotatable bonds is 4. The fourth-order valence-corrected chi connectivity index (χ4v) is 3.31. The summed E-state index contributed by atoms with van der Waals surface area (Å²) in [6.07, 6.45) is 5.03. The molecule has 2 amide bonds. The Morgan fingerprint density at radius 1 is 1.16 bits per heavy atom. The summed E-state index contributed by atoms with van der Waals surface area (Å²) in [5.41, 5.74) is 2.65. The van der Waals surface area contributed by atoms with Crippen LogP contribution in [0.1, 0.15) is 16.8 Å². The first-order valence-corrected chi connectivity index (χ1v) is 9.79. The summed E-state index contributed by atoms with van der Waals surface area (Å²) in [4.78, 5) is 35.4. The molecule has 0 aliphatic carbocycles. The second-order valence-corrected chi connectivity index (χ2v) is 7.18.